The zero-order valence-corrected chi connectivity index (χ0v) is 14.0. The molecule has 0 radical (unpaired) electrons. The Balaban J connectivity index is 1.69. The van der Waals surface area contributed by atoms with Crippen LogP contribution in [-0.4, -0.2) is 47.3 Å². The van der Waals surface area contributed by atoms with Crippen LogP contribution < -0.4 is 10.1 Å². The zero-order valence-electron chi connectivity index (χ0n) is 14.0. The molecule has 1 aromatic heterocycles. The highest BCUT2D eigenvalue weighted by Gasteiger charge is 2.26. The summed E-state index contributed by atoms with van der Waals surface area (Å²) in [5, 5.41) is 7.12. The Morgan fingerprint density at radius 2 is 2.08 bits per heavy atom. The SMILES string of the molecule is COc1ccccc1C(CNC(=O)Cn1cccn1)N1CCCC1. The van der Waals surface area contributed by atoms with Gasteiger partial charge >= 0.3 is 0 Å². The number of hydrogen-bond acceptors (Lipinski definition) is 4. The summed E-state index contributed by atoms with van der Waals surface area (Å²) in [4.78, 5) is 14.6. The van der Waals surface area contributed by atoms with Crippen LogP contribution in [0.4, 0.5) is 0 Å². The van der Waals surface area contributed by atoms with Gasteiger partial charge in [-0.2, -0.15) is 5.10 Å². The average Bonchev–Trinajstić information content (AvgIpc) is 3.29. The molecule has 1 amide bonds. The number of para-hydroxylation sites is 1. The van der Waals surface area contributed by atoms with Gasteiger partial charge in [0.2, 0.25) is 5.91 Å². The van der Waals surface area contributed by atoms with Crippen LogP contribution in [0, 0.1) is 0 Å². The molecule has 6 heteroatoms. The largest absolute Gasteiger partial charge is 0.496 e. The first-order chi connectivity index (χ1) is 11.8. The molecule has 0 bridgehead atoms. The molecule has 0 aliphatic carbocycles. The maximum atomic E-state index is 12.2. The van der Waals surface area contributed by atoms with E-state index in [0.29, 0.717) is 6.54 Å². The number of carbonyl (C=O) groups excluding carboxylic acids is 1. The second-order valence-corrected chi connectivity index (χ2v) is 6.01. The van der Waals surface area contributed by atoms with E-state index >= 15 is 0 Å². The quantitative estimate of drug-likeness (QED) is 0.843. The lowest BCUT2D eigenvalue weighted by Crippen LogP contribution is -2.38. The van der Waals surface area contributed by atoms with Gasteiger partial charge in [-0.15, -0.1) is 0 Å². The number of rotatable bonds is 7. The van der Waals surface area contributed by atoms with Crippen LogP contribution in [-0.2, 0) is 11.3 Å². The summed E-state index contributed by atoms with van der Waals surface area (Å²) in [5.74, 6) is 0.841. The summed E-state index contributed by atoms with van der Waals surface area (Å²) >= 11 is 0. The number of aromatic nitrogens is 2. The van der Waals surface area contributed by atoms with Crippen LogP contribution in [0.25, 0.3) is 0 Å². The summed E-state index contributed by atoms with van der Waals surface area (Å²) < 4.78 is 7.15. The van der Waals surface area contributed by atoms with E-state index in [1.165, 1.54) is 12.8 Å². The zero-order chi connectivity index (χ0) is 16.8. The molecule has 24 heavy (non-hydrogen) atoms. The first-order valence-electron chi connectivity index (χ1n) is 8.39. The Morgan fingerprint density at radius 3 is 2.79 bits per heavy atom. The minimum Gasteiger partial charge on any atom is -0.496 e. The summed E-state index contributed by atoms with van der Waals surface area (Å²) in [6, 6.07) is 10.00. The van der Waals surface area contributed by atoms with Gasteiger partial charge in [0.05, 0.1) is 13.2 Å². The van der Waals surface area contributed by atoms with Crippen molar-refractivity contribution in [3.63, 3.8) is 0 Å². The van der Waals surface area contributed by atoms with Gasteiger partial charge in [-0.3, -0.25) is 14.4 Å². The van der Waals surface area contributed by atoms with Gasteiger partial charge in [0.1, 0.15) is 12.3 Å². The third-order valence-electron chi connectivity index (χ3n) is 4.44. The second kappa shape index (κ2) is 7.97. The second-order valence-electron chi connectivity index (χ2n) is 6.01. The first kappa shape index (κ1) is 16.5. The maximum absolute atomic E-state index is 12.2. The van der Waals surface area contributed by atoms with Gasteiger partial charge in [-0.05, 0) is 38.1 Å². The van der Waals surface area contributed by atoms with Crippen molar-refractivity contribution in [3.8, 4) is 5.75 Å². The summed E-state index contributed by atoms with van der Waals surface area (Å²) in [6.07, 6.45) is 5.87. The highest BCUT2D eigenvalue weighted by atomic mass is 16.5. The van der Waals surface area contributed by atoms with Crippen molar-refractivity contribution in [2.45, 2.75) is 25.4 Å². The molecular formula is C18H24N4O2. The normalized spacial score (nSPS) is 16.0. The van der Waals surface area contributed by atoms with Gasteiger partial charge in [-0.25, -0.2) is 0 Å². The number of amides is 1. The molecule has 1 N–H and O–H groups in total. The Hall–Kier alpha value is -2.34. The number of methoxy groups -OCH3 is 1. The number of carbonyl (C=O) groups is 1. The molecule has 3 rings (SSSR count). The highest BCUT2D eigenvalue weighted by molar-refractivity contribution is 5.75. The number of likely N-dealkylation sites (tertiary alicyclic amines) is 1. The predicted molar refractivity (Wildman–Crippen MR) is 91.8 cm³/mol. The molecule has 6 nitrogen and oxygen atoms in total. The van der Waals surface area contributed by atoms with Crippen LogP contribution in [0.5, 0.6) is 5.75 Å². The van der Waals surface area contributed by atoms with Gasteiger partial charge in [0, 0.05) is 24.5 Å². The molecule has 1 aliphatic rings. The lowest BCUT2D eigenvalue weighted by Gasteiger charge is -2.29. The van der Waals surface area contributed by atoms with E-state index in [0.717, 1.165) is 24.4 Å². The Morgan fingerprint density at radius 1 is 1.29 bits per heavy atom. The van der Waals surface area contributed by atoms with Crippen molar-refractivity contribution >= 4 is 5.91 Å². The molecular weight excluding hydrogens is 304 g/mol. The number of ether oxygens (including phenoxy) is 1. The molecule has 128 valence electrons. The molecule has 2 heterocycles. The molecule has 0 saturated carbocycles. The van der Waals surface area contributed by atoms with Crippen molar-refractivity contribution < 1.29 is 9.53 Å². The van der Waals surface area contributed by atoms with Crippen molar-refractivity contribution in [2.24, 2.45) is 0 Å². The lowest BCUT2D eigenvalue weighted by atomic mass is 10.0. The monoisotopic (exact) mass is 328 g/mol. The molecule has 1 aromatic carbocycles. The van der Waals surface area contributed by atoms with Crippen LogP contribution in [0.15, 0.2) is 42.7 Å². The fraction of sp³-hybridized carbons (Fsp3) is 0.444. The van der Waals surface area contributed by atoms with Crippen molar-refractivity contribution in [1.29, 1.82) is 0 Å². The number of benzene rings is 1. The molecule has 0 spiro atoms. The number of nitrogens with zero attached hydrogens (tertiary/aromatic N) is 3. The lowest BCUT2D eigenvalue weighted by molar-refractivity contribution is -0.122. The Bertz CT molecular complexity index is 651. The van der Waals surface area contributed by atoms with Crippen LogP contribution in [0.1, 0.15) is 24.4 Å². The highest BCUT2D eigenvalue weighted by Crippen LogP contribution is 2.31. The first-order valence-corrected chi connectivity index (χ1v) is 8.39. The van der Waals surface area contributed by atoms with Crippen LogP contribution in [0.2, 0.25) is 0 Å². The van der Waals surface area contributed by atoms with Crippen LogP contribution >= 0.6 is 0 Å². The van der Waals surface area contributed by atoms with Gasteiger partial charge in [0.15, 0.2) is 0 Å². The smallest absolute Gasteiger partial charge is 0.241 e. The number of nitrogens with one attached hydrogen (secondary N) is 1. The van der Waals surface area contributed by atoms with E-state index in [1.807, 2.05) is 24.3 Å². The van der Waals surface area contributed by atoms with E-state index in [4.69, 9.17) is 4.74 Å². The van der Waals surface area contributed by atoms with Crippen molar-refractivity contribution in [1.82, 2.24) is 20.0 Å². The molecule has 2 aromatic rings. The van der Waals surface area contributed by atoms with Crippen molar-refractivity contribution in [3.05, 3.63) is 48.3 Å². The summed E-state index contributed by atoms with van der Waals surface area (Å²) in [6.45, 7) is 2.92. The molecule has 1 atom stereocenters. The minimum atomic E-state index is -0.0298. The van der Waals surface area contributed by atoms with E-state index in [1.54, 1.807) is 24.2 Å². The van der Waals surface area contributed by atoms with E-state index in [9.17, 15) is 4.79 Å². The third kappa shape index (κ3) is 3.94. The number of hydrogen-bond donors (Lipinski definition) is 1. The molecule has 1 aliphatic heterocycles. The van der Waals surface area contributed by atoms with Crippen LogP contribution in [0.3, 0.4) is 0 Å². The standard InChI is InChI=1S/C18H24N4O2/c1-24-17-8-3-2-7-15(17)16(21-10-4-5-11-21)13-19-18(23)14-22-12-6-9-20-22/h2-3,6-9,12,16H,4-5,10-11,13-14H2,1H3,(H,19,23). The fourth-order valence-electron chi connectivity index (χ4n) is 3.24. The maximum Gasteiger partial charge on any atom is 0.241 e. The van der Waals surface area contributed by atoms with Gasteiger partial charge < -0.3 is 10.1 Å². The fourth-order valence-corrected chi connectivity index (χ4v) is 3.24. The summed E-state index contributed by atoms with van der Waals surface area (Å²) in [5.41, 5.74) is 1.13. The van der Waals surface area contributed by atoms with Gasteiger partial charge in [0.25, 0.3) is 0 Å². The topological polar surface area (TPSA) is 59.4 Å². The minimum absolute atomic E-state index is 0.0298. The molecule has 1 fully saturated rings. The van der Waals surface area contributed by atoms with E-state index < -0.39 is 0 Å². The van der Waals surface area contributed by atoms with E-state index in [2.05, 4.69) is 21.4 Å². The van der Waals surface area contributed by atoms with Gasteiger partial charge in [-0.1, -0.05) is 18.2 Å². The average molecular weight is 328 g/mol. The van der Waals surface area contributed by atoms with E-state index in [-0.39, 0.29) is 18.5 Å². The van der Waals surface area contributed by atoms with Crippen molar-refractivity contribution in [2.75, 3.05) is 26.7 Å². The Labute approximate surface area is 142 Å². The predicted octanol–water partition coefficient (Wildman–Crippen LogP) is 1.85. The molecule has 1 saturated heterocycles. The Kier molecular flexibility index (Phi) is 5.48. The third-order valence-corrected chi connectivity index (χ3v) is 4.44. The summed E-state index contributed by atoms with van der Waals surface area (Å²) in [7, 11) is 1.69. The molecule has 1 unspecified atom stereocenters.